The molecule has 0 saturated heterocycles. The van der Waals surface area contributed by atoms with Crippen molar-refractivity contribution in [2.45, 2.75) is 38.6 Å². The average Bonchev–Trinajstić information content (AvgIpc) is 2.48. The Morgan fingerprint density at radius 3 is 2.62 bits per heavy atom. The third-order valence-electron chi connectivity index (χ3n) is 3.88. The highest BCUT2D eigenvalue weighted by Gasteiger charge is 2.22. The van der Waals surface area contributed by atoms with Gasteiger partial charge in [-0.15, -0.1) is 0 Å². The number of nitro groups is 1. The molecule has 114 valence electrons. The van der Waals surface area contributed by atoms with Gasteiger partial charge in [0.2, 0.25) is 0 Å². The van der Waals surface area contributed by atoms with Crippen molar-refractivity contribution < 1.29 is 14.5 Å². The number of hydrogen-bond acceptors (Lipinski definition) is 4. The molecule has 6 heteroatoms. The maximum absolute atomic E-state index is 11.9. The van der Waals surface area contributed by atoms with E-state index in [1.165, 1.54) is 30.7 Å². The second-order valence-corrected chi connectivity index (χ2v) is 5.48. The van der Waals surface area contributed by atoms with Gasteiger partial charge in [0, 0.05) is 18.2 Å². The minimum atomic E-state index is -0.471. The molecule has 2 atom stereocenters. The second kappa shape index (κ2) is 7.06. The zero-order valence-electron chi connectivity index (χ0n) is 12.1. The van der Waals surface area contributed by atoms with Crippen LogP contribution in [0.25, 0.3) is 0 Å². The van der Waals surface area contributed by atoms with Crippen LogP contribution in [0.4, 0.5) is 5.69 Å². The van der Waals surface area contributed by atoms with Crippen LogP contribution in [-0.2, 0) is 4.79 Å². The molecule has 2 rings (SSSR count). The maximum atomic E-state index is 11.9. The summed E-state index contributed by atoms with van der Waals surface area (Å²) in [6, 6.07) is 5.93. The number of ether oxygens (including phenoxy) is 1. The number of benzene rings is 1. The Morgan fingerprint density at radius 1 is 1.33 bits per heavy atom. The van der Waals surface area contributed by atoms with Crippen molar-refractivity contribution in [3.8, 4) is 5.75 Å². The summed E-state index contributed by atoms with van der Waals surface area (Å²) >= 11 is 0. The van der Waals surface area contributed by atoms with E-state index in [0.717, 1.165) is 19.3 Å². The van der Waals surface area contributed by atoms with E-state index in [9.17, 15) is 14.9 Å². The van der Waals surface area contributed by atoms with Gasteiger partial charge >= 0.3 is 0 Å². The smallest absolute Gasteiger partial charge is 0.269 e. The van der Waals surface area contributed by atoms with E-state index in [2.05, 4.69) is 12.2 Å². The van der Waals surface area contributed by atoms with Gasteiger partial charge in [0.25, 0.3) is 11.6 Å². The lowest BCUT2D eigenvalue weighted by Crippen LogP contribution is -2.43. The van der Waals surface area contributed by atoms with Crippen LogP contribution < -0.4 is 10.1 Å². The van der Waals surface area contributed by atoms with E-state index in [1.807, 2.05) is 0 Å². The van der Waals surface area contributed by atoms with Crippen molar-refractivity contribution in [2.75, 3.05) is 6.61 Å². The predicted molar refractivity (Wildman–Crippen MR) is 78.2 cm³/mol. The normalized spacial score (nSPS) is 21.6. The fraction of sp³-hybridized carbons (Fsp3) is 0.533. The van der Waals surface area contributed by atoms with Crippen LogP contribution in [0.1, 0.15) is 32.6 Å². The maximum Gasteiger partial charge on any atom is 0.269 e. The summed E-state index contributed by atoms with van der Waals surface area (Å²) in [5.41, 5.74) is 0.00262. The average molecular weight is 292 g/mol. The molecule has 1 saturated carbocycles. The molecule has 21 heavy (non-hydrogen) atoms. The van der Waals surface area contributed by atoms with Crippen LogP contribution in [0.3, 0.4) is 0 Å². The first-order chi connectivity index (χ1) is 10.1. The SMILES string of the molecule is C[C@H]1CCCC[C@H]1NC(=O)COc1ccc([N+](=O)[O-])cc1. The van der Waals surface area contributed by atoms with Crippen molar-refractivity contribution in [2.24, 2.45) is 5.92 Å². The van der Waals surface area contributed by atoms with Crippen molar-refractivity contribution in [1.82, 2.24) is 5.32 Å². The molecular formula is C15H20N2O4. The summed E-state index contributed by atoms with van der Waals surface area (Å²) in [5, 5.41) is 13.5. The third-order valence-corrected chi connectivity index (χ3v) is 3.88. The number of hydrogen-bond donors (Lipinski definition) is 1. The van der Waals surface area contributed by atoms with Gasteiger partial charge in [0.1, 0.15) is 5.75 Å². The number of nitrogens with one attached hydrogen (secondary N) is 1. The standard InChI is InChI=1S/C15H20N2O4/c1-11-4-2-3-5-14(11)16-15(18)10-21-13-8-6-12(7-9-13)17(19)20/h6-9,11,14H,2-5,10H2,1H3,(H,16,18)/t11-,14+/m0/s1. The highest BCUT2D eigenvalue weighted by Crippen LogP contribution is 2.23. The largest absolute Gasteiger partial charge is 0.484 e. The lowest BCUT2D eigenvalue weighted by Gasteiger charge is -2.29. The Bertz CT molecular complexity index is 501. The fourth-order valence-corrected chi connectivity index (χ4v) is 2.59. The zero-order chi connectivity index (χ0) is 15.2. The minimum Gasteiger partial charge on any atom is -0.484 e. The molecule has 1 fully saturated rings. The van der Waals surface area contributed by atoms with Crippen LogP contribution in [0.2, 0.25) is 0 Å². The number of nitro benzene ring substituents is 1. The Hall–Kier alpha value is -2.11. The van der Waals surface area contributed by atoms with Gasteiger partial charge < -0.3 is 10.1 Å². The lowest BCUT2D eigenvalue weighted by atomic mass is 9.86. The molecule has 0 aromatic heterocycles. The van der Waals surface area contributed by atoms with Crippen LogP contribution >= 0.6 is 0 Å². The summed E-state index contributed by atoms with van der Waals surface area (Å²) in [6.45, 7) is 2.09. The van der Waals surface area contributed by atoms with Gasteiger partial charge in [-0.2, -0.15) is 0 Å². The van der Waals surface area contributed by atoms with E-state index < -0.39 is 4.92 Å². The van der Waals surface area contributed by atoms with Crippen LogP contribution in [0.15, 0.2) is 24.3 Å². The van der Waals surface area contributed by atoms with Gasteiger partial charge in [-0.05, 0) is 30.9 Å². The molecule has 1 aromatic rings. The van der Waals surface area contributed by atoms with E-state index in [0.29, 0.717) is 11.7 Å². The quantitative estimate of drug-likeness (QED) is 0.668. The number of carbonyl (C=O) groups is 1. The van der Waals surface area contributed by atoms with Crippen LogP contribution in [0.5, 0.6) is 5.75 Å². The lowest BCUT2D eigenvalue weighted by molar-refractivity contribution is -0.384. The highest BCUT2D eigenvalue weighted by atomic mass is 16.6. The monoisotopic (exact) mass is 292 g/mol. The molecule has 1 amide bonds. The third kappa shape index (κ3) is 4.44. The number of rotatable bonds is 5. The molecule has 0 bridgehead atoms. The van der Waals surface area contributed by atoms with Crippen molar-refractivity contribution in [3.63, 3.8) is 0 Å². The molecule has 0 heterocycles. The van der Waals surface area contributed by atoms with Crippen LogP contribution in [0, 0.1) is 16.0 Å². The number of nitrogens with zero attached hydrogens (tertiary/aromatic N) is 1. The number of amides is 1. The first kappa shape index (κ1) is 15.3. The van der Waals surface area contributed by atoms with E-state index in [-0.39, 0.29) is 24.2 Å². The Morgan fingerprint density at radius 2 is 2.00 bits per heavy atom. The first-order valence-electron chi connectivity index (χ1n) is 7.23. The molecule has 0 radical (unpaired) electrons. The van der Waals surface area contributed by atoms with Gasteiger partial charge in [0.05, 0.1) is 4.92 Å². The molecule has 1 N–H and O–H groups in total. The minimum absolute atomic E-state index is 0.00262. The summed E-state index contributed by atoms with van der Waals surface area (Å²) in [5.74, 6) is 0.807. The molecular weight excluding hydrogens is 272 g/mol. The van der Waals surface area contributed by atoms with Gasteiger partial charge in [-0.1, -0.05) is 19.8 Å². The van der Waals surface area contributed by atoms with E-state index in [1.54, 1.807) is 0 Å². The molecule has 0 spiro atoms. The predicted octanol–water partition coefficient (Wildman–Crippen LogP) is 2.67. The van der Waals surface area contributed by atoms with E-state index >= 15 is 0 Å². The van der Waals surface area contributed by atoms with Gasteiger partial charge in [0.15, 0.2) is 6.61 Å². The molecule has 0 aliphatic heterocycles. The van der Waals surface area contributed by atoms with Crippen molar-refractivity contribution >= 4 is 11.6 Å². The molecule has 6 nitrogen and oxygen atoms in total. The Balaban J connectivity index is 1.79. The number of carbonyl (C=O) groups excluding carboxylic acids is 1. The summed E-state index contributed by atoms with van der Waals surface area (Å²) < 4.78 is 5.34. The Labute approximate surface area is 123 Å². The highest BCUT2D eigenvalue weighted by molar-refractivity contribution is 5.77. The molecule has 1 aromatic carbocycles. The molecule has 1 aliphatic rings. The van der Waals surface area contributed by atoms with Crippen molar-refractivity contribution in [1.29, 1.82) is 0 Å². The fourth-order valence-electron chi connectivity index (χ4n) is 2.59. The summed E-state index contributed by atoms with van der Waals surface area (Å²) in [7, 11) is 0. The molecule has 1 aliphatic carbocycles. The van der Waals surface area contributed by atoms with Crippen molar-refractivity contribution in [3.05, 3.63) is 34.4 Å². The second-order valence-electron chi connectivity index (χ2n) is 5.48. The Kier molecular flexibility index (Phi) is 5.14. The van der Waals surface area contributed by atoms with Crippen LogP contribution in [-0.4, -0.2) is 23.5 Å². The summed E-state index contributed by atoms with van der Waals surface area (Å²) in [4.78, 5) is 21.9. The molecule has 0 unspecified atom stereocenters. The zero-order valence-corrected chi connectivity index (χ0v) is 12.1. The van der Waals surface area contributed by atoms with E-state index in [4.69, 9.17) is 4.74 Å². The first-order valence-corrected chi connectivity index (χ1v) is 7.23. The van der Waals surface area contributed by atoms with Gasteiger partial charge in [-0.3, -0.25) is 14.9 Å². The topological polar surface area (TPSA) is 81.5 Å². The number of non-ortho nitro benzene ring substituents is 1. The van der Waals surface area contributed by atoms with Gasteiger partial charge in [-0.25, -0.2) is 0 Å². The summed E-state index contributed by atoms with van der Waals surface area (Å²) in [6.07, 6.45) is 4.55.